The van der Waals surface area contributed by atoms with Crippen LogP contribution in [0.1, 0.15) is 51.9 Å². The Morgan fingerprint density at radius 3 is 2.81 bits per heavy atom. The molecule has 3 aliphatic heterocycles. The molecule has 5 rings (SSSR count). The summed E-state index contributed by atoms with van der Waals surface area (Å²) in [6, 6.07) is 0.205. The molecule has 0 aromatic rings. The van der Waals surface area contributed by atoms with Crippen LogP contribution < -0.4 is 10.7 Å². The van der Waals surface area contributed by atoms with Gasteiger partial charge in [-0.25, -0.2) is 0 Å². The highest BCUT2D eigenvalue weighted by molar-refractivity contribution is 5.98. The van der Waals surface area contributed by atoms with Crippen LogP contribution in [0.4, 0.5) is 0 Å². The third-order valence-corrected chi connectivity index (χ3v) is 7.21. The maximum atomic E-state index is 13.4. The van der Waals surface area contributed by atoms with Crippen LogP contribution in [0.3, 0.4) is 0 Å². The molecule has 4 unspecified atom stereocenters. The number of hydrogen-bond donors (Lipinski definition) is 2. The van der Waals surface area contributed by atoms with Gasteiger partial charge in [0.1, 0.15) is 12.0 Å². The first-order chi connectivity index (χ1) is 12.7. The number of rotatable bonds is 6. The van der Waals surface area contributed by atoms with Crippen molar-refractivity contribution in [3.05, 3.63) is 0 Å². The molecule has 5 aliphatic rings. The lowest BCUT2D eigenvalue weighted by molar-refractivity contribution is -0.153. The van der Waals surface area contributed by atoms with Crippen LogP contribution in [0, 0.1) is 11.3 Å². The van der Waals surface area contributed by atoms with Crippen molar-refractivity contribution in [2.24, 2.45) is 16.4 Å². The van der Waals surface area contributed by atoms with Gasteiger partial charge in [0.15, 0.2) is 6.17 Å². The average Bonchev–Trinajstić information content (AvgIpc) is 3.59. The van der Waals surface area contributed by atoms with Crippen LogP contribution in [0.25, 0.3) is 0 Å². The monoisotopic (exact) mass is 361 g/mol. The number of hydrazone groups is 1. The van der Waals surface area contributed by atoms with E-state index in [1.807, 2.05) is 0 Å². The fraction of sp³-hybridized carbons (Fsp3) is 0.895. The fourth-order valence-electron chi connectivity index (χ4n) is 5.39. The minimum Gasteiger partial charge on any atom is -0.380 e. The maximum absolute atomic E-state index is 13.4. The molecule has 2 saturated heterocycles. The van der Waals surface area contributed by atoms with E-state index in [2.05, 4.69) is 27.5 Å². The van der Waals surface area contributed by atoms with Gasteiger partial charge < -0.3 is 14.5 Å². The lowest BCUT2D eigenvalue weighted by Gasteiger charge is -2.52. The van der Waals surface area contributed by atoms with Crippen molar-refractivity contribution >= 4 is 11.7 Å². The second-order valence-corrected chi connectivity index (χ2v) is 8.67. The first-order valence-corrected chi connectivity index (χ1v) is 10.4. The number of nitrogens with zero attached hydrogens (tertiary/aromatic N) is 3. The van der Waals surface area contributed by atoms with E-state index >= 15 is 0 Å². The molecule has 0 bridgehead atoms. The summed E-state index contributed by atoms with van der Waals surface area (Å²) in [7, 11) is 1.74. The number of nitrogens with one attached hydrogen (secondary N) is 2. The van der Waals surface area contributed by atoms with Gasteiger partial charge in [-0.15, -0.1) is 0 Å². The molecule has 1 amide bonds. The molecular formula is C19H31N5O2. The smallest absolute Gasteiger partial charge is 0.267 e. The van der Waals surface area contributed by atoms with Gasteiger partial charge >= 0.3 is 0 Å². The number of carbonyl (C=O) groups excluding carboxylic acids is 1. The third-order valence-electron chi connectivity index (χ3n) is 7.21. The minimum absolute atomic E-state index is 0.0936. The average molecular weight is 361 g/mol. The van der Waals surface area contributed by atoms with Gasteiger partial charge in [0.05, 0.1) is 12.1 Å². The number of fused-ring (bicyclic) bond motifs is 3. The molecule has 2 saturated carbocycles. The van der Waals surface area contributed by atoms with Gasteiger partial charge in [-0.1, -0.05) is 6.92 Å². The predicted octanol–water partition coefficient (Wildman–Crippen LogP) is 1.07. The van der Waals surface area contributed by atoms with E-state index in [1.54, 1.807) is 7.11 Å². The van der Waals surface area contributed by atoms with Crippen LogP contribution in [0.15, 0.2) is 5.10 Å². The van der Waals surface area contributed by atoms with Gasteiger partial charge in [0.25, 0.3) is 5.91 Å². The van der Waals surface area contributed by atoms with Crippen molar-refractivity contribution in [1.82, 2.24) is 20.5 Å². The first-order valence-electron chi connectivity index (χ1n) is 10.4. The van der Waals surface area contributed by atoms with E-state index in [1.165, 1.54) is 31.5 Å². The van der Waals surface area contributed by atoms with Crippen LogP contribution >= 0.6 is 0 Å². The van der Waals surface area contributed by atoms with Gasteiger partial charge in [-0.05, 0) is 57.4 Å². The van der Waals surface area contributed by atoms with E-state index < -0.39 is 0 Å². The summed E-state index contributed by atoms with van der Waals surface area (Å²) in [4.78, 5) is 17.8. The lowest BCUT2D eigenvalue weighted by atomic mass is 9.92. The predicted molar refractivity (Wildman–Crippen MR) is 98.2 cm³/mol. The number of piperidine rings is 1. The van der Waals surface area contributed by atoms with Crippen molar-refractivity contribution in [2.75, 3.05) is 20.2 Å². The van der Waals surface area contributed by atoms with Gasteiger partial charge in [-0.3, -0.25) is 15.5 Å². The zero-order valence-corrected chi connectivity index (χ0v) is 15.9. The molecule has 7 nitrogen and oxygen atoms in total. The Morgan fingerprint density at radius 2 is 2.15 bits per heavy atom. The summed E-state index contributed by atoms with van der Waals surface area (Å²) in [6.07, 6.45) is 8.12. The summed E-state index contributed by atoms with van der Waals surface area (Å²) in [5.41, 5.74) is 3.46. The Bertz CT molecular complexity index is 611. The third kappa shape index (κ3) is 2.39. The molecule has 4 atom stereocenters. The Kier molecular flexibility index (Phi) is 3.94. The Labute approximate surface area is 155 Å². The van der Waals surface area contributed by atoms with Gasteiger partial charge in [0.2, 0.25) is 0 Å². The molecule has 0 aromatic carbocycles. The molecule has 26 heavy (non-hydrogen) atoms. The molecule has 2 aliphatic carbocycles. The highest BCUT2D eigenvalue weighted by atomic mass is 16.5. The molecular weight excluding hydrogens is 330 g/mol. The van der Waals surface area contributed by atoms with Gasteiger partial charge in [-0.2, -0.15) is 5.10 Å². The molecule has 0 spiro atoms. The van der Waals surface area contributed by atoms with Gasteiger partial charge in [0, 0.05) is 19.1 Å². The molecule has 7 heteroatoms. The summed E-state index contributed by atoms with van der Waals surface area (Å²) in [6.45, 7) is 3.80. The summed E-state index contributed by atoms with van der Waals surface area (Å²) in [5, 5.41) is 8.46. The second kappa shape index (κ2) is 6.09. The van der Waals surface area contributed by atoms with Crippen molar-refractivity contribution in [1.29, 1.82) is 0 Å². The molecule has 4 fully saturated rings. The SMILES string of the molecule is CCC(CN1C(=O)C2NN=C(C3(C4CC4)CC3)N2C2NCCCC21)OC. The van der Waals surface area contributed by atoms with Crippen molar-refractivity contribution < 1.29 is 9.53 Å². The van der Waals surface area contributed by atoms with Crippen LogP contribution in [-0.2, 0) is 9.53 Å². The summed E-state index contributed by atoms with van der Waals surface area (Å²) in [5.74, 6) is 2.12. The molecule has 0 radical (unpaired) electrons. The Balaban J connectivity index is 1.44. The van der Waals surface area contributed by atoms with Crippen LogP contribution in [-0.4, -0.2) is 66.2 Å². The number of amidine groups is 1. The van der Waals surface area contributed by atoms with E-state index in [0.29, 0.717) is 6.54 Å². The Hall–Kier alpha value is -1.34. The second-order valence-electron chi connectivity index (χ2n) is 8.67. The lowest BCUT2D eigenvalue weighted by Crippen LogP contribution is -2.74. The molecule has 3 heterocycles. The normalized spacial score (nSPS) is 36.2. The highest BCUT2D eigenvalue weighted by Gasteiger charge is 2.63. The summed E-state index contributed by atoms with van der Waals surface area (Å²) >= 11 is 0. The quantitative estimate of drug-likeness (QED) is 0.741. The topological polar surface area (TPSA) is 69.2 Å². The van der Waals surface area contributed by atoms with Crippen LogP contribution in [0.2, 0.25) is 0 Å². The number of hydrogen-bond acceptors (Lipinski definition) is 6. The highest BCUT2D eigenvalue weighted by Crippen LogP contribution is 2.63. The molecule has 0 aromatic heterocycles. The Morgan fingerprint density at radius 1 is 1.35 bits per heavy atom. The minimum atomic E-state index is -0.345. The first kappa shape index (κ1) is 16.8. The van der Waals surface area contributed by atoms with E-state index in [9.17, 15) is 4.79 Å². The maximum Gasteiger partial charge on any atom is 0.267 e. The van der Waals surface area contributed by atoms with E-state index in [4.69, 9.17) is 9.84 Å². The number of carbonyl (C=O) groups is 1. The van der Waals surface area contributed by atoms with Crippen molar-refractivity contribution in [3.63, 3.8) is 0 Å². The number of ether oxygens (including phenoxy) is 1. The largest absolute Gasteiger partial charge is 0.380 e. The van der Waals surface area contributed by atoms with Crippen molar-refractivity contribution in [2.45, 2.75) is 76.3 Å². The van der Waals surface area contributed by atoms with Crippen LogP contribution in [0.5, 0.6) is 0 Å². The van der Waals surface area contributed by atoms with Crippen molar-refractivity contribution in [3.8, 4) is 0 Å². The number of amides is 1. The number of piperazine rings is 1. The molecule has 2 N–H and O–H groups in total. The zero-order chi connectivity index (χ0) is 17.9. The fourth-order valence-corrected chi connectivity index (χ4v) is 5.39. The standard InChI is InChI=1S/C19H31N5O2/c1-3-13(26-2)11-23-14-5-4-10-20-15(14)24-16(17(23)25)21-22-18(24)19(8-9-19)12-6-7-12/h12-16,20-21H,3-11H2,1-2H3. The molecule has 144 valence electrons. The number of methoxy groups -OCH3 is 1. The van der Waals surface area contributed by atoms with E-state index in [-0.39, 0.29) is 35.8 Å². The zero-order valence-electron chi connectivity index (χ0n) is 15.9. The van der Waals surface area contributed by atoms with E-state index in [0.717, 1.165) is 31.7 Å². The summed E-state index contributed by atoms with van der Waals surface area (Å²) < 4.78 is 5.59.